The molecule has 2 aromatic rings. The zero-order chi connectivity index (χ0) is 13.0. The van der Waals surface area contributed by atoms with E-state index in [0.29, 0.717) is 0 Å². The molecule has 98 valence electrons. The number of aromatic nitrogens is 4. The summed E-state index contributed by atoms with van der Waals surface area (Å²) in [5.74, 6) is 0.967. The van der Waals surface area contributed by atoms with Crippen molar-refractivity contribution in [2.75, 3.05) is 6.54 Å². The second kappa shape index (κ2) is 5.82. The molecule has 2 heterocycles. The molecule has 0 saturated heterocycles. The number of hydrogen-bond donors (Lipinski definition) is 2. The van der Waals surface area contributed by atoms with Gasteiger partial charge in [-0.2, -0.15) is 5.10 Å². The van der Waals surface area contributed by atoms with Gasteiger partial charge in [0.2, 0.25) is 0 Å². The molecular formula is C13H21N5. The highest BCUT2D eigenvalue weighted by molar-refractivity contribution is 5.06. The minimum absolute atomic E-state index is 0.845. The summed E-state index contributed by atoms with van der Waals surface area (Å²) in [5.41, 5.74) is 3.46. The lowest BCUT2D eigenvalue weighted by molar-refractivity contribution is 0.530. The van der Waals surface area contributed by atoms with Crippen LogP contribution in [0.4, 0.5) is 0 Å². The average molecular weight is 247 g/mol. The van der Waals surface area contributed by atoms with E-state index in [-0.39, 0.29) is 0 Å². The van der Waals surface area contributed by atoms with Crippen LogP contribution >= 0.6 is 0 Å². The largest absolute Gasteiger partial charge is 0.345 e. The van der Waals surface area contributed by atoms with Crippen molar-refractivity contribution < 1.29 is 0 Å². The van der Waals surface area contributed by atoms with Crippen LogP contribution in [0.2, 0.25) is 0 Å². The lowest BCUT2D eigenvalue weighted by Gasteiger charge is -2.05. The van der Waals surface area contributed by atoms with Crippen molar-refractivity contribution in [3.8, 4) is 0 Å². The van der Waals surface area contributed by atoms with E-state index in [1.165, 1.54) is 5.69 Å². The van der Waals surface area contributed by atoms with E-state index in [1.807, 2.05) is 20.0 Å². The van der Waals surface area contributed by atoms with E-state index in [0.717, 1.165) is 43.3 Å². The first kappa shape index (κ1) is 12.8. The monoisotopic (exact) mass is 247 g/mol. The molecule has 0 fully saturated rings. The zero-order valence-corrected chi connectivity index (χ0v) is 11.3. The number of nitrogens with zero attached hydrogens (tertiary/aromatic N) is 3. The number of aryl methyl sites for hydroxylation is 4. The zero-order valence-electron chi connectivity index (χ0n) is 11.3. The van der Waals surface area contributed by atoms with Crippen molar-refractivity contribution in [1.29, 1.82) is 0 Å². The maximum absolute atomic E-state index is 4.44. The standard InChI is InChI=1S/C13H21N5/c1-10-7-11(2)18(17-10)6-4-5-14-8-13-9-15-12(3)16-13/h7,9,14H,4-6,8H2,1-3H3,(H,15,16). The van der Waals surface area contributed by atoms with Gasteiger partial charge in [0.15, 0.2) is 0 Å². The van der Waals surface area contributed by atoms with Gasteiger partial charge >= 0.3 is 0 Å². The lowest BCUT2D eigenvalue weighted by Crippen LogP contribution is -2.17. The molecular weight excluding hydrogens is 226 g/mol. The first-order valence-corrected chi connectivity index (χ1v) is 6.37. The Kier molecular flexibility index (Phi) is 4.15. The molecule has 0 aliphatic carbocycles. The quantitative estimate of drug-likeness (QED) is 0.764. The van der Waals surface area contributed by atoms with Gasteiger partial charge in [-0.1, -0.05) is 0 Å². The predicted molar refractivity (Wildman–Crippen MR) is 71.3 cm³/mol. The van der Waals surface area contributed by atoms with Crippen LogP contribution in [-0.2, 0) is 13.1 Å². The van der Waals surface area contributed by atoms with Crippen molar-refractivity contribution in [3.63, 3.8) is 0 Å². The third-order valence-corrected chi connectivity index (χ3v) is 2.90. The van der Waals surface area contributed by atoms with Gasteiger partial charge in [-0.05, 0) is 39.8 Å². The Bertz CT molecular complexity index is 497. The van der Waals surface area contributed by atoms with Crippen LogP contribution in [0.5, 0.6) is 0 Å². The van der Waals surface area contributed by atoms with Crippen LogP contribution in [0.25, 0.3) is 0 Å². The number of hydrogen-bond acceptors (Lipinski definition) is 3. The van der Waals surface area contributed by atoms with Crippen LogP contribution in [0.3, 0.4) is 0 Å². The molecule has 0 aromatic carbocycles. The van der Waals surface area contributed by atoms with Crippen LogP contribution in [0, 0.1) is 20.8 Å². The summed E-state index contributed by atoms with van der Waals surface area (Å²) in [6, 6.07) is 2.11. The van der Waals surface area contributed by atoms with Gasteiger partial charge < -0.3 is 10.3 Å². The highest BCUT2D eigenvalue weighted by Crippen LogP contribution is 2.02. The Morgan fingerprint density at radius 1 is 1.33 bits per heavy atom. The second-order valence-corrected chi connectivity index (χ2v) is 4.67. The Morgan fingerprint density at radius 2 is 2.17 bits per heavy atom. The topological polar surface area (TPSA) is 58.5 Å². The van der Waals surface area contributed by atoms with Crippen LogP contribution in [0.15, 0.2) is 12.3 Å². The number of nitrogens with one attached hydrogen (secondary N) is 2. The summed E-state index contributed by atoms with van der Waals surface area (Å²) >= 11 is 0. The van der Waals surface area contributed by atoms with E-state index in [9.17, 15) is 0 Å². The van der Waals surface area contributed by atoms with Crippen molar-refractivity contribution >= 4 is 0 Å². The summed E-state index contributed by atoms with van der Waals surface area (Å²) in [6.07, 6.45) is 2.96. The third kappa shape index (κ3) is 3.43. The Morgan fingerprint density at radius 3 is 2.78 bits per heavy atom. The number of H-pyrrole nitrogens is 1. The first-order valence-electron chi connectivity index (χ1n) is 6.37. The van der Waals surface area contributed by atoms with Gasteiger partial charge in [-0.15, -0.1) is 0 Å². The van der Waals surface area contributed by atoms with Gasteiger partial charge in [-0.25, -0.2) is 4.98 Å². The molecule has 0 aliphatic heterocycles. The molecule has 5 heteroatoms. The SMILES string of the molecule is Cc1cc(C)n(CCCNCc2cnc(C)[nH]2)n1. The van der Waals surface area contributed by atoms with E-state index < -0.39 is 0 Å². The summed E-state index contributed by atoms with van der Waals surface area (Å²) < 4.78 is 2.07. The van der Waals surface area contributed by atoms with Gasteiger partial charge in [0.1, 0.15) is 5.82 Å². The molecule has 0 aliphatic rings. The minimum Gasteiger partial charge on any atom is -0.345 e. The predicted octanol–water partition coefficient (Wildman–Crippen LogP) is 1.71. The molecule has 2 rings (SSSR count). The Balaban J connectivity index is 1.66. The smallest absolute Gasteiger partial charge is 0.103 e. The molecule has 0 saturated carbocycles. The Labute approximate surface area is 108 Å². The molecule has 2 N–H and O–H groups in total. The molecule has 0 radical (unpaired) electrons. The van der Waals surface area contributed by atoms with E-state index in [2.05, 4.69) is 38.1 Å². The van der Waals surface area contributed by atoms with E-state index in [1.54, 1.807) is 0 Å². The molecule has 2 aromatic heterocycles. The summed E-state index contributed by atoms with van der Waals surface area (Å²) in [7, 11) is 0. The van der Waals surface area contributed by atoms with Crippen molar-refractivity contribution in [2.24, 2.45) is 0 Å². The maximum Gasteiger partial charge on any atom is 0.103 e. The van der Waals surface area contributed by atoms with Crippen molar-refractivity contribution in [3.05, 3.63) is 35.2 Å². The van der Waals surface area contributed by atoms with Crippen molar-refractivity contribution in [1.82, 2.24) is 25.1 Å². The minimum atomic E-state index is 0.845. The molecule has 0 bridgehead atoms. The molecule has 18 heavy (non-hydrogen) atoms. The Hall–Kier alpha value is -1.62. The molecule has 5 nitrogen and oxygen atoms in total. The highest BCUT2D eigenvalue weighted by atomic mass is 15.3. The number of aromatic amines is 1. The number of rotatable bonds is 6. The molecule has 0 spiro atoms. The summed E-state index contributed by atoms with van der Waals surface area (Å²) in [6.45, 7) is 8.89. The average Bonchev–Trinajstić information content (AvgIpc) is 2.85. The summed E-state index contributed by atoms with van der Waals surface area (Å²) in [4.78, 5) is 7.37. The fourth-order valence-electron chi connectivity index (χ4n) is 2.04. The van der Waals surface area contributed by atoms with Gasteiger partial charge in [0.05, 0.1) is 5.69 Å². The van der Waals surface area contributed by atoms with Gasteiger partial charge in [-0.3, -0.25) is 4.68 Å². The normalized spacial score (nSPS) is 11.1. The first-order chi connectivity index (χ1) is 8.65. The fourth-order valence-corrected chi connectivity index (χ4v) is 2.04. The molecule has 0 unspecified atom stereocenters. The fraction of sp³-hybridized carbons (Fsp3) is 0.538. The molecule has 0 amide bonds. The molecule has 0 atom stereocenters. The third-order valence-electron chi connectivity index (χ3n) is 2.90. The summed E-state index contributed by atoms with van der Waals surface area (Å²) in [5, 5.41) is 7.84. The number of imidazole rings is 1. The van der Waals surface area contributed by atoms with Crippen LogP contribution in [-0.4, -0.2) is 26.3 Å². The van der Waals surface area contributed by atoms with Gasteiger partial charge in [0.25, 0.3) is 0 Å². The lowest BCUT2D eigenvalue weighted by atomic mass is 10.3. The van der Waals surface area contributed by atoms with E-state index >= 15 is 0 Å². The highest BCUT2D eigenvalue weighted by Gasteiger charge is 2.00. The van der Waals surface area contributed by atoms with E-state index in [4.69, 9.17) is 0 Å². The maximum atomic E-state index is 4.44. The second-order valence-electron chi connectivity index (χ2n) is 4.67. The van der Waals surface area contributed by atoms with Crippen LogP contribution in [0.1, 0.15) is 29.3 Å². The van der Waals surface area contributed by atoms with Crippen LogP contribution < -0.4 is 5.32 Å². The van der Waals surface area contributed by atoms with Crippen molar-refractivity contribution in [2.45, 2.75) is 40.3 Å². The van der Waals surface area contributed by atoms with Gasteiger partial charge in [0, 0.05) is 30.7 Å².